The summed E-state index contributed by atoms with van der Waals surface area (Å²) in [5.41, 5.74) is 8.87. The van der Waals surface area contributed by atoms with Crippen LogP contribution in [0.3, 0.4) is 0 Å². The lowest BCUT2D eigenvalue weighted by Crippen LogP contribution is -2.00. The molecule has 1 heterocycles. The van der Waals surface area contributed by atoms with E-state index in [1.165, 1.54) is 5.56 Å². The maximum atomic E-state index is 5.54. The van der Waals surface area contributed by atoms with Crippen molar-refractivity contribution in [1.82, 2.24) is 4.98 Å². The van der Waals surface area contributed by atoms with Gasteiger partial charge in [0.1, 0.15) is 5.75 Å². The molecular formula is C15H20N2O. The van der Waals surface area contributed by atoms with Gasteiger partial charge in [0.05, 0.1) is 12.6 Å². The molecule has 0 aliphatic carbocycles. The van der Waals surface area contributed by atoms with Crippen molar-refractivity contribution in [3.63, 3.8) is 0 Å². The molecule has 0 unspecified atom stereocenters. The van der Waals surface area contributed by atoms with Crippen LogP contribution in [0.2, 0.25) is 0 Å². The summed E-state index contributed by atoms with van der Waals surface area (Å²) in [5.74, 6) is 0.901. The summed E-state index contributed by atoms with van der Waals surface area (Å²) in [6.07, 6.45) is 3.18. The molecule has 0 atom stereocenters. The summed E-state index contributed by atoms with van der Waals surface area (Å²) in [6.45, 7) is 2.75. The molecule has 0 bridgehead atoms. The molecule has 1 aromatic carbocycles. The minimum Gasteiger partial charge on any atom is -0.496 e. The first kappa shape index (κ1) is 12.8. The Morgan fingerprint density at radius 3 is 2.83 bits per heavy atom. The number of unbranched alkanes of at least 4 members (excludes halogenated alkanes) is 1. The minimum atomic E-state index is 0.751. The normalized spacial score (nSPS) is 10.8. The second-order valence-electron chi connectivity index (χ2n) is 4.52. The number of para-hydroxylation sites is 1. The van der Waals surface area contributed by atoms with Gasteiger partial charge in [-0.05, 0) is 44.4 Å². The van der Waals surface area contributed by atoms with E-state index in [2.05, 4.69) is 23.2 Å². The summed E-state index contributed by atoms with van der Waals surface area (Å²) < 4.78 is 5.43. The molecule has 2 rings (SSSR count). The number of ether oxygens (including phenoxy) is 1. The van der Waals surface area contributed by atoms with E-state index in [0.29, 0.717) is 0 Å². The molecular weight excluding hydrogens is 224 g/mol. The largest absolute Gasteiger partial charge is 0.496 e. The fourth-order valence-electron chi connectivity index (χ4n) is 2.23. The van der Waals surface area contributed by atoms with Crippen molar-refractivity contribution in [2.24, 2.45) is 5.73 Å². The Labute approximate surface area is 108 Å². The maximum Gasteiger partial charge on any atom is 0.130 e. The summed E-state index contributed by atoms with van der Waals surface area (Å²) in [5, 5.41) is 1.09. The fourth-order valence-corrected chi connectivity index (χ4v) is 2.23. The molecule has 96 valence electrons. The number of nitrogens with two attached hydrogens (primary N) is 1. The Balaban J connectivity index is 2.44. The van der Waals surface area contributed by atoms with E-state index in [4.69, 9.17) is 10.5 Å². The van der Waals surface area contributed by atoms with E-state index in [1.54, 1.807) is 7.11 Å². The van der Waals surface area contributed by atoms with Gasteiger partial charge in [-0.2, -0.15) is 0 Å². The van der Waals surface area contributed by atoms with Gasteiger partial charge < -0.3 is 10.5 Å². The van der Waals surface area contributed by atoms with E-state index >= 15 is 0 Å². The first-order chi connectivity index (χ1) is 8.76. The second kappa shape index (κ2) is 5.83. The predicted molar refractivity (Wildman–Crippen MR) is 75.0 cm³/mol. The molecule has 2 aromatic rings. The SMILES string of the molecule is COc1cc(C)nc2c(CCCCN)cccc12. The van der Waals surface area contributed by atoms with Crippen LogP contribution in [0.25, 0.3) is 10.9 Å². The highest BCUT2D eigenvalue weighted by molar-refractivity contribution is 5.87. The van der Waals surface area contributed by atoms with Gasteiger partial charge in [0.15, 0.2) is 0 Å². The highest BCUT2D eigenvalue weighted by Gasteiger charge is 2.08. The maximum absolute atomic E-state index is 5.54. The average Bonchev–Trinajstić information content (AvgIpc) is 2.38. The van der Waals surface area contributed by atoms with E-state index in [-0.39, 0.29) is 0 Å². The third-order valence-electron chi connectivity index (χ3n) is 3.13. The number of nitrogens with zero attached hydrogens (tertiary/aromatic N) is 1. The van der Waals surface area contributed by atoms with Crippen molar-refractivity contribution in [1.29, 1.82) is 0 Å². The first-order valence-corrected chi connectivity index (χ1v) is 6.39. The van der Waals surface area contributed by atoms with Gasteiger partial charge in [-0.3, -0.25) is 4.98 Å². The lowest BCUT2D eigenvalue weighted by atomic mass is 10.0. The number of pyridine rings is 1. The number of hydrogen-bond donors (Lipinski definition) is 1. The highest BCUT2D eigenvalue weighted by atomic mass is 16.5. The Morgan fingerprint density at radius 1 is 1.28 bits per heavy atom. The van der Waals surface area contributed by atoms with Gasteiger partial charge in [0, 0.05) is 17.1 Å². The fraction of sp³-hybridized carbons (Fsp3) is 0.400. The number of benzene rings is 1. The van der Waals surface area contributed by atoms with Gasteiger partial charge >= 0.3 is 0 Å². The zero-order valence-corrected chi connectivity index (χ0v) is 11.1. The molecule has 0 aliphatic rings. The molecule has 0 saturated carbocycles. The van der Waals surface area contributed by atoms with Crippen molar-refractivity contribution >= 4 is 10.9 Å². The first-order valence-electron chi connectivity index (χ1n) is 6.39. The van der Waals surface area contributed by atoms with Crippen LogP contribution in [-0.2, 0) is 6.42 Å². The zero-order chi connectivity index (χ0) is 13.0. The van der Waals surface area contributed by atoms with Gasteiger partial charge in [-0.25, -0.2) is 0 Å². The van der Waals surface area contributed by atoms with E-state index in [9.17, 15) is 0 Å². The minimum absolute atomic E-state index is 0.751. The van der Waals surface area contributed by atoms with Crippen molar-refractivity contribution in [2.75, 3.05) is 13.7 Å². The van der Waals surface area contributed by atoms with Crippen molar-refractivity contribution in [3.05, 3.63) is 35.5 Å². The van der Waals surface area contributed by atoms with E-state index in [1.807, 2.05) is 13.0 Å². The molecule has 18 heavy (non-hydrogen) atoms. The number of hydrogen-bond acceptors (Lipinski definition) is 3. The van der Waals surface area contributed by atoms with Crippen LogP contribution < -0.4 is 10.5 Å². The Bertz CT molecular complexity index is 537. The quantitative estimate of drug-likeness (QED) is 0.823. The lowest BCUT2D eigenvalue weighted by Gasteiger charge is -2.10. The molecule has 0 aliphatic heterocycles. The monoisotopic (exact) mass is 244 g/mol. The summed E-state index contributed by atoms with van der Waals surface area (Å²) in [4.78, 5) is 4.65. The number of aryl methyl sites for hydroxylation is 2. The van der Waals surface area contributed by atoms with Gasteiger partial charge in [-0.1, -0.05) is 12.1 Å². The smallest absolute Gasteiger partial charge is 0.130 e. The molecule has 3 heteroatoms. The molecule has 2 N–H and O–H groups in total. The van der Waals surface area contributed by atoms with Crippen molar-refractivity contribution in [2.45, 2.75) is 26.2 Å². The molecule has 1 aromatic heterocycles. The van der Waals surface area contributed by atoms with Gasteiger partial charge in [0.2, 0.25) is 0 Å². The molecule has 0 spiro atoms. The Morgan fingerprint density at radius 2 is 2.11 bits per heavy atom. The highest BCUT2D eigenvalue weighted by Crippen LogP contribution is 2.28. The second-order valence-corrected chi connectivity index (χ2v) is 4.52. The Kier molecular flexibility index (Phi) is 4.15. The van der Waals surface area contributed by atoms with Crippen molar-refractivity contribution < 1.29 is 4.74 Å². The molecule has 0 fully saturated rings. The average molecular weight is 244 g/mol. The van der Waals surface area contributed by atoms with Crippen LogP contribution in [-0.4, -0.2) is 18.6 Å². The molecule has 0 amide bonds. The van der Waals surface area contributed by atoms with Crippen LogP contribution >= 0.6 is 0 Å². The van der Waals surface area contributed by atoms with Crippen LogP contribution in [0.1, 0.15) is 24.1 Å². The third kappa shape index (κ3) is 2.62. The van der Waals surface area contributed by atoms with Crippen LogP contribution in [0, 0.1) is 6.92 Å². The number of fused-ring (bicyclic) bond motifs is 1. The van der Waals surface area contributed by atoms with Crippen LogP contribution in [0.5, 0.6) is 5.75 Å². The molecule has 0 radical (unpaired) electrons. The van der Waals surface area contributed by atoms with E-state index in [0.717, 1.165) is 48.2 Å². The predicted octanol–water partition coefficient (Wildman–Crippen LogP) is 2.83. The number of methoxy groups -OCH3 is 1. The summed E-state index contributed by atoms with van der Waals surface area (Å²) in [7, 11) is 1.70. The lowest BCUT2D eigenvalue weighted by molar-refractivity contribution is 0.419. The van der Waals surface area contributed by atoms with Gasteiger partial charge in [0.25, 0.3) is 0 Å². The van der Waals surface area contributed by atoms with E-state index < -0.39 is 0 Å². The zero-order valence-electron chi connectivity index (χ0n) is 11.1. The van der Waals surface area contributed by atoms with Crippen LogP contribution in [0.15, 0.2) is 24.3 Å². The summed E-state index contributed by atoms with van der Waals surface area (Å²) in [6, 6.07) is 8.25. The van der Waals surface area contributed by atoms with Crippen LogP contribution in [0.4, 0.5) is 0 Å². The Hall–Kier alpha value is -1.61. The number of rotatable bonds is 5. The standard InChI is InChI=1S/C15H20N2O/c1-11-10-14(18-2)13-8-5-7-12(15(13)17-11)6-3-4-9-16/h5,7-8,10H,3-4,6,9,16H2,1-2H3. The number of aromatic nitrogens is 1. The van der Waals surface area contributed by atoms with Crippen molar-refractivity contribution in [3.8, 4) is 5.75 Å². The third-order valence-corrected chi connectivity index (χ3v) is 3.13. The topological polar surface area (TPSA) is 48.1 Å². The summed E-state index contributed by atoms with van der Waals surface area (Å²) >= 11 is 0. The molecule has 3 nitrogen and oxygen atoms in total. The van der Waals surface area contributed by atoms with Gasteiger partial charge in [-0.15, -0.1) is 0 Å². The molecule has 0 saturated heterocycles.